The lowest BCUT2D eigenvalue weighted by atomic mass is 9.80. The zero-order valence-corrected chi connectivity index (χ0v) is 34.9. The minimum Gasteiger partial charge on any atom is -0.481 e. The van der Waals surface area contributed by atoms with Gasteiger partial charge in [-0.05, 0) is 98.4 Å². The number of rotatable bonds is 33. The molecule has 1 aromatic carbocycles. The molecule has 0 saturated carbocycles. The van der Waals surface area contributed by atoms with Crippen LogP contribution in [0.3, 0.4) is 0 Å². The van der Waals surface area contributed by atoms with Crippen molar-refractivity contribution >= 4 is 5.97 Å². The fourth-order valence-corrected chi connectivity index (χ4v) is 9.18. The topological polar surface area (TPSA) is 46.5 Å². The SMILES string of the molecule is CCCCCCCCCCCCCCC[C@@H](OCc1ccccc1)[C@H](C)C[C@H](C)C[C@H](C)C[C@H](C)C[C@H](C)C[C@H](C)C[C@H](C)C[C@H](C)C(=O)O. The summed E-state index contributed by atoms with van der Waals surface area (Å²) in [7, 11) is 0. The van der Waals surface area contributed by atoms with E-state index in [-0.39, 0.29) is 5.92 Å². The quantitative estimate of drug-likeness (QED) is 0.0743. The lowest BCUT2D eigenvalue weighted by Gasteiger charge is -2.29. The number of benzene rings is 1. The first-order valence-electron chi connectivity index (χ1n) is 21.8. The number of unbranched alkanes of at least 4 members (excludes halogenated alkanes) is 12. The van der Waals surface area contributed by atoms with Crippen LogP contribution in [0.5, 0.6) is 0 Å². The van der Waals surface area contributed by atoms with E-state index in [4.69, 9.17) is 4.74 Å². The van der Waals surface area contributed by atoms with Crippen molar-refractivity contribution in [2.45, 2.75) is 210 Å². The van der Waals surface area contributed by atoms with Gasteiger partial charge >= 0.3 is 5.97 Å². The van der Waals surface area contributed by atoms with Crippen molar-refractivity contribution in [2.24, 2.45) is 47.3 Å². The molecular weight excluding hydrogens is 613 g/mol. The van der Waals surface area contributed by atoms with Gasteiger partial charge in [0.25, 0.3) is 0 Å². The van der Waals surface area contributed by atoms with Gasteiger partial charge in [0, 0.05) is 0 Å². The number of aliphatic carboxylic acids is 1. The van der Waals surface area contributed by atoms with Crippen LogP contribution in [0.4, 0.5) is 0 Å². The summed E-state index contributed by atoms with van der Waals surface area (Å²) in [6.07, 6.45) is 28.1. The second-order valence-electron chi connectivity index (χ2n) is 17.9. The molecule has 3 heteroatoms. The Bertz CT molecular complexity index is 914. The molecule has 0 aliphatic rings. The fourth-order valence-electron chi connectivity index (χ4n) is 9.18. The van der Waals surface area contributed by atoms with Gasteiger partial charge in [0.2, 0.25) is 0 Å². The van der Waals surface area contributed by atoms with E-state index < -0.39 is 5.97 Å². The normalized spacial score (nSPS) is 17.4. The van der Waals surface area contributed by atoms with Crippen molar-refractivity contribution in [3.05, 3.63) is 35.9 Å². The number of ether oxygens (including phenoxy) is 1. The maximum atomic E-state index is 11.2. The lowest BCUT2D eigenvalue weighted by Crippen LogP contribution is -2.24. The molecule has 1 N–H and O–H groups in total. The molecule has 0 aliphatic heterocycles. The number of hydrogen-bond donors (Lipinski definition) is 1. The van der Waals surface area contributed by atoms with Gasteiger partial charge in [-0.3, -0.25) is 4.79 Å². The summed E-state index contributed by atoms with van der Waals surface area (Å²) in [6, 6.07) is 10.7. The number of carboxylic acid groups (broad SMARTS) is 1. The Morgan fingerprint density at radius 2 is 0.920 bits per heavy atom. The van der Waals surface area contributed by atoms with Crippen LogP contribution in [-0.4, -0.2) is 17.2 Å². The van der Waals surface area contributed by atoms with E-state index in [1.165, 1.54) is 128 Å². The van der Waals surface area contributed by atoms with Crippen molar-refractivity contribution in [3.63, 3.8) is 0 Å². The van der Waals surface area contributed by atoms with E-state index in [1.807, 2.05) is 6.92 Å². The van der Waals surface area contributed by atoms with Crippen LogP contribution in [0.2, 0.25) is 0 Å². The van der Waals surface area contributed by atoms with E-state index in [1.54, 1.807) is 0 Å². The Labute approximate surface area is 312 Å². The third-order valence-electron chi connectivity index (χ3n) is 11.5. The highest BCUT2D eigenvalue weighted by molar-refractivity contribution is 5.69. The Hall–Kier alpha value is -1.35. The van der Waals surface area contributed by atoms with Crippen LogP contribution in [0, 0.1) is 47.3 Å². The summed E-state index contributed by atoms with van der Waals surface area (Å²) in [5, 5.41) is 9.26. The summed E-state index contributed by atoms with van der Waals surface area (Å²) in [5.41, 5.74) is 1.29. The molecule has 50 heavy (non-hydrogen) atoms. The average molecular weight is 699 g/mol. The van der Waals surface area contributed by atoms with Crippen LogP contribution in [0.1, 0.15) is 203 Å². The van der Waals surface area contributed by atoms with Crippen molar-refractivity contribution in [2.75, 3.05) is 0 Å². The summed E-state index contributed by atoms with van der Waals surface area (Å²) in [6.45, 7) is 21.8. The van der Waals surface area contributed by atoms with E-state index in [2.05, 4.69) is 85.7 Å². The Morgan fingerprint density at radius 1 is 0.540 bits per heavy atom. The number of hydrogen-bond acceptors (Lipinski definition) is 2. The summed E-state index contributed by atoms with van der Waals surface area (Å²) < 4.78 is 6.67. The highest BCUT2D eigenvalue weighted by Crippen LogP contribution is 2.32. The number of carboxylic acids is 1. The molecule has 0 radical (unpaired) electrons. The molecule has 0 saturated heterocycles. The zero-order valence-electron chi connectivity index (χ0n) is 34.9. The summed E-state index contributed by atoms with van der Waals surface area (Å²) in [4.78, 5) is 11.2. The highest BCUT2D eigenvalue weighted by atomic mass is 16.5. The van der Waals surface area contributed by atoms with Crippen LogP contribution >= 0.6 is 0 Å². The third kappa shape index (κ3) is 24.8. The average Bonchev–Trinajstić information content (AvgIpc) is 3.04. The molecule has 9 atom stereocenters. The first-order chi connectivity index (χ1) is 23.9. The molecule has 0 fully saturated rings. The molecule has 292 valence electrons. The monoisotopic (exact) mass is 699 g/mol. The zero-order chi connectivity index (χ0) is 37.1. The maximum absolute atomic E-state index is 11.2. The molecule has 1 aromatic rings. The Kier molecular flexibility index (Phi) is 27.2. The minimum absolute atomic E-state index is 0.238. The van der Waals surface area contributed by atoms with Gasteiger partial charge in [0.15, 0.2) is 0 Å². The predicted octanol–water partition coefficient (Wildman–Crippen LogP) is 15.0. The Morgan fingerprint density at radius 3 is 1.34 bits per heavy atom. The predicted molar refractivity (Wildman–Crippen MR) is 219 cm³/mol. The van der Waals surface area contributed by atoms with Gasteiger partial charge in [0.1, 0.15) is 0 Å². The van der Waals surface area contributed by atoms with Gasteiger partial charge in [-0.2, -0.15) is 0 Å². The molecule has 0 heterocycles. The van der Waals surface area contributed by atoms with Gasteiger partial charge in [0.05, 0.1) is 18.6 Å². The minimum atomic E-state index is -0.661. The van der Waals surface area contributed by atoms with E-state index in [0.717, 1.165) is 37.2 Å². The molecule has 0 aliphatic carbocycles. The standard InChI is InChI=1S/C47H86O3/c1-10-11-12-13-14-15-16-17-18-19-20-21-25-28-46(50-36-45-26-23-22-24-27-45)43(8)34-41(6)32-39(4)30-37(2)29-38(3)31-40(5)33-42(7)35-44(9)47(48)49/h22-24,26-27,37-44,46H,10-21,25,28-36H2,1-9H3,(H,48,49)/t37-,38+,39-,40+,41-,42+,43-,44+,46-/m1/s1. The maximum Gasteiger partial charge on any atom is 0.306 e. The molecular formula is C47H86O3. The highest BCUT2D eigenvalue weighted by Gasteiger charge is 2.23. The van der Waals surface area contributed by atoms with Gasteiger partial charge < -0.3 is 9.84 Å². The fraction of sp³-hybridized carbons (Fsp3) is 0.851. The molecule has 0 unspecified atom stereocenters. The van der Waals surface area contributed by atoms with Crippen LogP contribution in [0.15, 0.2) is 30.3 Å². The smallest absolute Gasteiger partial charge is 0.306 e. The van der Waals surface area contributed by atoms with Crippen LogP contribution in [-0.2, 0) is 16.1 Å². The van der Waals surface area contributed by atoms with Crippen molar-refractivity contribution in [1.82, 2.24) is 0 Å². The molecule has 3 nitrogen and oxygen atoms in total. The van der Waals surface area contributed by atoms with E-state index >= 15 is 0 Å². The molecule has 1 rings (SSSR count). The lowest BCUT2D eigenvalue weighted by molar-refractivity contribution is -0.141. The number of carbonyl (C=O) groups is 1. The van der Waals surface area contributed by atoms with Crippen molar-refractivity contribution in [3.8, 4) is 0 Å². The van der Waals surface area contributed by atoms with Gasteiger partial charge in [-0.1, -0.05) is 176 Å². The summed E-state index contributed by atoms with van der Waals surface area (Å²) >= 11 is 0. The van der Waals surface area contributed by atoms with E-state index in [0.29, 0.717) is 29.8 Å². The van der Waals surface area contributed by atoms with Gasteiger partial charge in [-0.15, -0.1) is 0 Å². The Balaban J connectivity index is 2.42. The first-order valence-corrected chi connectivity index (χ1v) is 21.8. The van der Waals surface area contributed by atoms with Crippen molar-refractivity contribution in [1.29, 1.82) is 0 Å². The largest absolute Gasteiger partial charge is 0.481 e. The molecule has 0 bridgehead atoms. The summed E-state index contributed by atoms with van der Waals surface area (Å²) in [5.74, 6) is 3.75. The van der Waals surface area contributed by atoms with Gasteiger partial charge in [-0.25, -0.2) is 0 Å². The third-order valence-corrected chi connectivity index (χ3v) is 11.5. The molecule has 0 amide bonds. The molecule has 0 aromatic heterocycles. The second kappa shape index (κ2) is 29.1. The first kappa shape index (κ1) is 46.7. The molecule has 0 spiro atoms. The van der Waals surface area contributed by atoms with Crippen molar-refractivity contribution < 1.29 is 14.6 Å². The van der Waals surface area contributed by atoms with Crippen LogP contribution < -0.4 is 0 Å². The van der Waals surface area contributed by atoms with E-state index in [9.17, 15) is 9.90 Å². The second-order valence-corrected chi connectivity index (χ2v) is 17.9. The van der Waals surface area contributed by atoms with Crippen LogP contribution in [0.25, 0.3) is 0 Å².